The van der Waals surface area contributed by atoms with Gasteiger partial charge in [-0.05, 0) is 32.0 Å². The fourth-order valence-corrected chi connectivity index (χ4v) is 3.96. The molecule has 0 aromatic heterocycles. The van der Waals surface area contributed by atoms with E-state index in [9.17, 15) is 9.59 Å². The standard InChI is InChI=1S/C23H26N2O5/c1-4-29-21-9-15-8-14(2)30-20(15)12-19(21)24-23(27)16-10-22(26)25(13-16)17-6-5-7-18(11-17)28-3/h5-7,9,11-12,14,16H,4,8,10,13H2,1-3H3,(H,24,27)/t14-,16-/m0/s1. The highest BCUT2D eigenvalue weighted by Gasteiger charge is 2.36. The quantitative estimate of drug-likeness (QED) is 0.790. The molecular weight excluding hydrogens is 384 g/mol. The lowest BCUT2D eigenvalue weighted by Gasteiger charge is -2.18. The molecule has 1 N–H and O–H groups in total. The minimum absolute atomic E-state index is 0.0838. The molecule has 4 rings (SSSR count). The van der Waals surface area contributed by atoms with Gasteiger partial charge in [-0.2, -0.15) is 0 Å². The SMILES string of the molecule is CCOc1cc2c(cc1NC(=O)[C@H]1CC(=O)N(c3cccc(OC)c3)C1)O[C@@H](C)C2. The molecular formula is C23H26N2O5. The maximum atomic E-state index is 13.0. The van der Waals surface area contributed by atoms with Crippen LogP contribution in [0.25, 0.3) is 0 Å². The normalized spacial score (nSPS) is 20.0. The molecule has 0 bridgehead atoms. The van der Waals surface area contributed by atoms with E-state index in [-0.39, 0.29) is 24.3 Å². The highest BCUT2D eigenvalue weighted by atomic mass is 16.5. The van der Waals surface area contributed by atoms with E-state index < -0.39 is 5.92 Å². The summed E-state index contributed by atoms with van der Waals surface area (Å²) < 4.78 is 16.8. The van der Waals surface area contributed by atoms with Gasteiger partial charge in [0.15, 0.2) is 0 Å². The van der Waals surface area contributed by atoms with Crippen LogP contribution in [0.5, 0.6) is 17.2 Å². The van der Waals surface area contributed by atoms with Crippen LogP contribution in [0.1, 0.15) is 25.8 Å². The van der Waals surface area contributed by atoms with Crippen LogP contribution in [-0.4, -0.2) is 38.2 Å². The maximum Gasteiger partial charge on any atom is 0.229 e. The molecule has 2 amide bonds. The summed E-state index contributed by atoms with van der Waals surface area (Å²) in [6, 6.07) is 11.0. The molecule has 2 heterocycles. The molecule has 2 aliphatic heterocycles. The number of carbonyl (C=O) groups excluding carboxylic acids is 2. The first-order valence-corrected chi connectivity index (χ1v) is 10.2. The number of hydrogen-bond donors (Lipinski definition) is 1. The summed E-state index contributed by atoms with van der Waals surface area (Å²) in [7, 11) is 1.58. The van der Waals surface area contributed by atoms with Gasteiger partial charge in [0.1, 0.15) is 23.4 Å². The Hall–Kier alpha value is -3.22. The van der Waals surface area contributed by atoms with Crippen LogP contribution >= 0.6 is 0 Å². The lowest BCUT2D eigenvalue weighted by atomic mass is 10.1. The third-order valence-electron chi connectivity index (χ3n) is 5.42. The van der Waals surface area contributed by atoms with Crippen molar-refractivity contribution in [2.24, 2.45) is 5.92 Å². The van der Waals surface area contributed by atoms with E-state index in [1.54, 1.807) is 18.1 Å². The molecule has 0 aliphatic carbocycles. The first-order chi connectivity index (χ1) is 14.5. The molecule has 1 fully saturated rings. The summed E-state index contributed by atoms with van der Waals surface area (Å²) >= 11 is 0. The zero-order chi connectivity index (χ0) is 21.3. The lowest BCUT2D eigenvalue weighted by molar-refractivity contribution is -0.122. The van der Waals surface area contributed by atoms with Gasteiger partial charge in [-0.15, -0.1) is 0 Å². The average molecular weight is 410 g/mol. The highest BCUT2D eigenvalue weighted by Crippen LogP contribution is 2.38. The number of hydrogen-bond acceptors (Lipinski definition) is 5. The summed E-state index contributed by atoms with van der Waals surface area (Å²) in [5.74, 6) is 1.31. The maximum absolute atomic E-state index is 13.0. The van der Waals surface area contributed by atoms with Gasteiger partial charge in [0.25, 0.3) is 0 Å². The third kappa shape index (κ3) is 3.92. The number of fused-ring (bicyclic) bond motifs is 1. The Morgan fingerprint density at radius 1 is 1.27 bits per heavy atom. The van der Waals surface area contributed by atoms with E-state index in [1.165, 1.54) is 0 Å². The van der Waals surface area contributed by atoms with Crippen LogP contribution < -0.4 is 24.4 Å². The zero-order valence-corrected chi connectivity index (χ0v) is 17.4. The second kappa shape index (κ2) is 8.26. The first kappa shape index (κ1) is 20.1. The van der Waals surface area contributed by atoms with Crippen molar-refractivity contribution in [2.75, 3.05) is 30.5 Å². The average Bonchev–Trinajstić information content (AvgIpc) is 3.29. The molecule has 2 aromatic carbocycles. The number of nitrogens with one attached hydrogen (secondary N) is 1. The Bertz CT molecular complexity index is 974. The number of rotatable bonds is 6. The van der Waals surface area contributed by atoms with Crippen molar-refractivity contribution in [2.45, 2.75) is 32.8 Å². The zero-order valence-electron chi connectivity index (χ0n) is 17.4. The Morgan fingerprint density at radius 2 is 2.10 bits per heavy atom. The summed E-state index contributed by atoms with van der Waals surface area (Å²) in [6.07, 6.45) is 1.08. The number of methoxy groups -OCH3 is 1. The molecule has 7 nitrogen and oxygen atoms in total. The lowest BCUT2D eigenvalue weighted by Crippen LogP contribution is -2.28. The molecule has 0 unspecified atom stereocenters. The number of nitrogens with zero attached hydrogens (tertiary/aromatic N) is 1. The minimum Gasteiger partial charge on any atom is -0.497 e. The van der Waals surface area contributed by atoms with Crippen LogP contribution in [0.15, 0.2) is 36.4 Å². The fraction of sp³-hybridized carbons (Fsp3) is 0.391. The third-order valence-corrected chi connectivity index (χ3v) is 5.42. The first-order valence-electron chi connectivity index (χ1n) is 10.2. The van der Waals surface area contributed by atoms with Crippen molar-refractivity contribution in [3.05, 3.63) is 42.0 Å². The van der Waals surface area contributed by atoms with Gasteiger partial charge < -0.3 is 24.4 Å². The molecule has 2 aliphatic rings. The van der Waals surface area contributed by atoms with Crippen molar-refractivity contribution in [1.82, 2.24) is 0 Å². The summed E-state index contributed by atoms with van der Waals surface area (Å²) in [5.41, 5.74) is 2.37. The van der Waals surface area contributed by atoms with Crippen LogP contribution in [0.2, 0.25) is 0 Å². The van der Waals surface area contributed by atoms with Gasteiger partial charge in [-0.1, -0.05) is 6.07 Å². The molecule has 2 aromatic rings. The molecule has 1 saturated heterocycles. The monoisotopic (exact) mass is 410 g/mol. The van der Waals surface area contributed by atoms with E-state index in [4.69, 9.17) is 14.2 Å². The number of carbonyl (C=O) groups is 2. The van der Waals surface area contributed by atoms with E-state index in [2.05, 4.69) is 5.32 Å². The van der Waals surface area contributed by atoms with Crippen molar-refractivity contribution in [3.63, 3.8) is 0 Å². The smallest absolute Gasteiger partial charge is 0.229 e. The summed E-state index contributed by atoms with van der Waals surface area (Å²) in [4.78, 5) is 27.2. The molecule has 0 saturated carbocycles. The van der Waals surface area contributed by atoms with Gasteiger partial charge >= 0.3 is 0 Å². The fourth-order valence-electron chi connectivity index (χ4n) is 3.96. The molecule has 0 spiro atoms. The number of amides is 2. The van der Waals surface area contributed by atoms with Crippen LogP contribution in [0.4, 0.5) is 11.4 Å². The number of benzene rings is 2. The molecule has 30 heavy (non-hydrogen) atoms. The Labute approximate surface area is 175 Å². The predicted molar refractivity (Wildman–Crippen MR) is 113 cm³/mol. The largest absolute Gasteiger partial charge is 0.497 e. The second-order valence-electron chi connectivity index (χ2n) is 7.62. The van der Waals surface area contributed by atoms with Gasteiger partial charge in [-0.3, -0.25) is 9.59 Å². The van der Waals surface area contributed by atoms with Gasteiger partial charge in [0, 0.05) is 42.8 Å². The Kier molecular flexibility index (Phi) is 5.53. The molecule has 158 valence electrons. The van der Waals surface area contributed by atoms with E-state index >= 15 is 0 Å². The highest BCUT2D eigenvalue weighted by molar-refractivity contribution is 6.04. The number of anilines is 2. The summed E-state index contributed by atoms with van der Waals surface area (Å²) in [5, 5.41) is 2.95. The van der Waals surface area contributed by atoms with Crippen LogP contribution in [0, 0.1) is 5.92 Å². The van der Waals surface area contributed by atoms with Crippen molar-refractivity contribution < 1.29 is 23.8 Å². The van der Waals surface area contributed by atoms with Crippen molar-refractivity contribution in [1.29, 1.82) is 0 Å². The van der Waals surface area contributed by atoms with Crippen LogP contribution in [-0.2, 0) is 16.0 Å². The Balaban J connectivity index is 1.50. The Morgan fingerprint density at radius 3 is 2.87 bits per heavy atom. The predicted octanol–water partition coefficient (Wildman–Crippen LogP) is 3.41. The molecule has 2 atom stereocenters. The minimum atomic E-state index is -0.453. The van der Waals surface area contributed by atoms with Crippen LogP contribution in [0.3, 0.4) is 0 Å². The molecule has 7 heteroatoms. The van der Waals surface area contributed by atoms with Gasteiger partial charge in [0.2, 0.25) is 11.8 Å². The second-order valence-corrected chi connectivity index (χ2v) is 7.62. The van der Waals surface area contributed by atoms with Crippen molar-refractivity contribution >= 4 is 23.2 Å². The van der Waals surface area contributed by atoms with Crippen molar-refractivity contribution in [3.8, 4) is 17.2 Å². The van der Waals surface area contributed by atoms with E-state index in [0.29, 0.717) is 30.3 Å². The summed E-state index contributed by atoms with van der Waals surface area (Å²) in [6.45, 7) is 4.72. The van der Waals surface area contributed by atoms with Gasteiger partial charge in [0.05, 0.1) is 25.3 Å². The molecule has 0 radical (unpaired) electrons. The van der Waals surface area contributed by atoms with Gasteiger partial charge in [-0.25, -0.2) is 0 Å². The van der Waals surface area contributed by atoms with E-state index in [0.717, 1.165) is 23.4 Å². The van der Waals surface area contributed by atoms with E-state index in [1.807, 2.05) is 44.2 Å². The number of ether oxygens (including phenoxy) is 3. The topological polar surface area (TPSA) is 77.1 Å².